The van der Waals surface area contributed by atoms with Gasteiger partial charge in [-0.15, -0.1) is 0 Å². The molecule has 0 aliphatic rings. The maximum atomic E-state index is 3.60. The molecular weight excluding hydrogens is 230 g/mol. The molecule has 1 nitrogen and oxygen atoms in total. The molecule has 1 heteroatoms. The van der Waals surface area contributed by atoms with Crippen molar-refractivity contribution in [3.8, 4) is 0 Å². The third kappa shape index (κ3) is 3.68. The molecule has 2 aromatic rings. The van der Waals surface area contributed by atoms with Crippen molar-refractivity contribution < 1.29 is 0 Å². The van der Waals surface area contributed by atoms with Crippen molar-refractivity contribution >= 4 is 0 Å². The van der Waals surface area contributed by atoms with Crippen LogP contribution in [0.1, 0.15) is 40.8 Å². The van der Waals surface area contributed by atoms with Crippen LogP contribution in [0.15, 0.2) is 42.5 Å². The fourth-order valence-corrected chi connectivity index (χ4v) is 2.36. The van der Waals surface area contributed by atoms with Crippen molar-refractivity contribution in [3.63, 3.8) is 0 Å². The summed E-state index contributed by atoms with van der Waals surface area (Å²) in [4.78, 5) is 0. The lowest BCUT2D eigenvalue weighted by atomic mass is 10.0. The summed E-state index contributed by atoms with van der Waals surface area (Å²) in [7, 11) is 0. The lowest BCUT2D eigenvalue weighted by Gasteiger charge is -2.16. The molecule has 0 saturated carbocycles. The van der Waals surface area contributed by atoms with Gasteiger partial charge in [-0.05, 0) is 44.4 Å². The van der Waals surface area contributed by atoms with Gasteiger partial charge in [0.2, 0.25) is 0 Å². The normalized spacial score (nSPS) is 12.4. The van der Waals surface area contributed by atoms with Crippen molar-refractivity contribution in [2.45, 2.75) is 40.3 Å². The van der Waals surface area contributed by atoms with Gasteiger partial charge in [0.1, 0.15) is 0 Å². The molecule has 1 N–H and O–H groups in total. The Balaban J connectivity index is 2.02. The second-order valence-corrected chi connectivity index (χ2v) is 5.45. The third-order valence-corrected chi connectivity index (χ3v) is 3.64. The Morgan fingerprint density at radius 1 is 0.947 bits per heavy atom. The van der Waals surface area contributed by atoms with E-state index in [1.807, 2.05) is 0 Å². The first-order valence-electron chi connectivity index (χ1n) is 6.92. The van der Waals surface area contributed by atoms with E-state index in [1.54, 1.807) is 0 Å². The molecule has 0 spiro atoms. The van der Waals surface area contributed by atoms with Crippen molar-refractivity contribution in [3.05, 3.63) is 70.3 Å². The second kappa shape index (κ2) is 6.03. The number of rotatable bonds is 4. The molecule has 0 radical (unpaired) electrons. The molecule has 0 unspecified atom stereocenters. The largest absolute Gasteiger partial charge is 0.306 e. The third-order valence-electron chi connectivity index (χ3n) is 3.64. The summed E-state index contributed by atoms with van der Waals surface area (Å²) in [6.07, 6.45) is 0. The van der Waals surface area contributed by atoms with E-state index in [2.05, 4.69) is 75.5 Å². The molecule has 100 valence electrons. The van der Waals surface area contributed by atoms with Gasteiger partial charge in [-0.3, -0.25) is 0 Å². The Kier molecular flexibility index (Phi) is 4.39. The summed E-state index contributed by atoms with van der Waals surface area (Å²) >= 11 is 0. The molecule has 0 bridgehead atoms. The quantitative estimate of drug-likeness (QED) is 0.848. The zero-order valence-corrected chi connectivity index (χ0v) is 12.3. The highest BCUT2D eigenvalue weighted by Crippen LogP contribution is 2.16. The zero-order chi connectivity index (χ0) is 13.8. The van der Waals surface area contributed by atoms with Gasteiger partial charge in [0.25, 0.3) is 0 Å². The molecule has 0 heterocycles. The Morgan fingerprint density at radius 3 is 2.37 bits per heavy atom. The first kappa shape index (κ1) is 13.8. The van der Waals surface area contributed by atoms with Crippen LogP contribution in [0.5, 0.6) is 0 Å². The van der Waals surface area contributed by atoms with Gasteiger partial charge in [0.15, 0.2) is 0 Å². The molecule has 19 heavy (non-hydrogen) atoms. The number of nitrogens with one attached hydrogen (secondary N) is 1. The van der Waals surface area contributed by atoms with E-state index >= 15 is 0 Å². The van der Waals surface area contributed by atoms with Crippen molar-refractivity contribution in [2.75, 3.05) is 0 Å². The van der Waals surface area contributed by atoms with Crippen LogP contribution in [-0.2, 0) is 6.54 Å². The van der Waals surface area contributed by atoms with Crippen LogP contribution in [0.3, 0.4) is 0 Å². The summed E-state index contributed by atoms with van der Waals surface area (Å²) < 4.78 is 0. The first-order valence-corrected chi connectivity index (χ1v) is 6.92. The standard InChI is InChI=1S/C18H23N/c1-13-6-5-7-17(11-13)16(4)19-12-18-9-8-14(2)10-15(18)3/h5-11,16,19H,12H2,1-4H3/t16-/m0/s1. The molecule has 0 aliphatic heterocycles. The van der Waals surface area contributed by atoms with Crippen LogP contribution in [0, 0.1) is 20.8 Å². The molecule has 0 aromatic heterocycles. The van der Waals surface area contributed by atoms with Crippen molar-refractivity contribution in [1.82, 2.24) is 5.32 Å². The van der Waals surface area contributed by atoms with Gasteiger partial charge in [0.05, 0.1) is 0 Å². The van der Waals surface area contributed by atoms with E-state index in [9.17, 15) is 0 Å². The van der Waals surface area contributed by atoms with Crippen LogP contribution in [0.4, 0.5) is 0 Å². The van der Waals surface area contributed by atoms with Crippen LogP contribution < -0.4 is 5.32 Å². The molecule has 0 fully saturated rings. The monoisotopic (exact) mass is 253 g/mol. The fourth-order valence-electron chi connectivity index (χ4n) is 2.36. The zero-order valence-electron chi connectivity index (χ0n) is 12.3. The Morgan fingerprint density at radius 2 is 1.68 bits per heavy atom. The molecule has 0 saturated heterocycles. The molecule has 2 aromatic carbocycles. The minimum absolute atomic E-state index is 0.376. The van der Waals surface area contributed by atoms with Crippen LogP contribution in [0.2, 0.25) is 0 Å². The van der Waals surface area contributed by atoms with Gasteiger partial charge in [-0.25, -0.2) is 0 Å². The average molecular weight is 253 g/mol. The van der Waals surface area contributed by atoms with Gasteiger partial charge in [-0.2, -0.15) is 0 Å². The Hall–Kier alpha value is -1.60. The minimum Gasteiger partial charge on any atom is -0.306 e. The fraction of sp³-hybridized carbons (Fsp3) is 0.333. The maximum Gasteiger partial charge on any atom is 0.0295 e. The van der Waals surface area contributed by atoms with Crippen molar-refractivity contribution in [2.24, 2.45) is 0 Å². The predicted octanol–water partition coefficient (Wildman–Crippen LogP) is 4.46. The number of hydrogen-bond donors (Lipinski definition) is 1. The number of hydrogen-bond acceptors (Lipinski definition) is 1. The smallest absolute Gasteiger partial charge is 0.0295 e. The summed E-state index contributed by atoms with van der Waals surface area (Å²) in [6, 6.07) is 15.7. The summed E-state index contributed by atoms with van der Waals surface area (Å²) in [6.45, 7) is 9.60. The van der Waals surface area contributed by atoms with Gasteiger partial charge in [0, 0.05) is 12.6 Å². The lowest BCUT2D eigenvalue weighted by Crippen LogP contribution is -2.18. The van der Waals surface area contributed by atoms with Gasteiger partial charge < -0.3 is 5.32 Å². The SMILES string of the molecule is Cc1cccc([C@H](C)NCc2ccc(C)cc2C)c1. The highest BCUT2D eigenvalue weighted by Gasteiger charge is 2.06. The highest BCUT2D eigenvalue weighted by molar-refractivity contribution is 5.30. The van der Waals surface area contributed by atoms with Crippen molar-refractivity contribution in [1.29, 1.82) is 0 Å². The predicted molar refractivity (Wildman–Crippen MR) is 82.3 cm³/mol. The first-order chi connectivity index (χ1) is 9.06. The molecular formula is C18H23N. The topological polar surface area (TPSA) is 12.0 Å². The van der Waals surface area contributed by atoms with E-state index in [1.165, 1.54) is 27.8 Å². The van der Waals surface area contributed by atoms with Gasteiger partial charge in [-0.1, -0.05) is 53.6 Å². The highest BCUT2D eigenvalue weighted by atomic mass is 14.9. The molecule has 0 amide bonds. The van der Waals surface area contributed by atoms with E-state index in [4.69, 9.17) is 0 Å². The van der Waals surface area contributed by atoms with E-state index in [0.29, 0.717) is 6.04 Å². The van der Waals surface area contributed by atoms with Crippen LogP contribution in [0.25, 0.3) is 0 Å². The van der Waals surface area contributed by atoms with Crippen LogP contribution >= 0.6 is 0 Å². The Bertz CT molecular complexity index is 557. The average Bonchev–Trinajstić information content (AvgIpc) is 2.37. The maximum absolute atomic E-state index is 3.60. The molecule has 2 rings (SSSR count). The Labute approximate surface area is 116 Å². The lowest BCUT2D eigenvalue weighted by molar-refractivity contribution is 0.573. The van der Waals surface area contributed by atoms with Crippen LogP contribution in [-0.4, -0.2) is 0 Å². The molecule has 0 aliphatic carbocycles. The number of benzene rings is 2. The second-order valence-electron chi connectivity index (χ2n) is 5.45. The van der Waals surface area contributed by atoms with E-state index in [-0.39, 0.29) is 0 Å². The van der Waals surface area contributed by atoms with E-state index < -0.39 is 0 Å². The summed E-state index contributed by atoms with van der Waals surface area (Å²) in [5.74, 6) is 0. The minimum atomic E-state index is 0.376. The number of aryl methyl sites for hydroxylation is 3. The molecule has 1 atom stereocenters. The van der Waals surface area contributed by atoms with E-state index in [0.717, 1.165) is 6.54 Å². The van der Waals surface area contributed by atoms with Gasteiger partial charge >= 0.3 is 0 Å². The summed E-state index contributed by atoms with van der Waals surface area (Å²) in [5.41, 5.74) is 6.74. The summed E-state index contributed by atoms with van der Waals surface area (Å²) in [5, 5.41) is 3.60.